The Morgan fingerprint density at radius 2 is 2.22 bits per heavy atom. The van der Waals surface area contributed by atoms with Crippen molar-refractivity contribution in [3.8, 4) is 0 Å². The molecular weight excluding hydrogens is 322 g/mol. The van der Waals surface area contributed by atoms with Gasteiger partial charge in [0.15, 0.2) is 5.16 Å². The zero-order chi connectivity index (χ0) is 12.7. The van der Waals surface area contributed by atoms with Crippen LogP contribution in [0.25, 0.3) is 0 Å². The monoisotopic (exact) mass is 329 g/mol. The van der Waals surface area contributed by atoms with Crippen molar-refractivity contribution in [1.82, 2.24) is 24.7 Å². The number of nitrogens with one attached hydrogen (secondary N) is 2. The third kappa shape index (κ3) is 2.03. The molecule has 1 fully saturated rings. The van der Waals surface area contributed by atoms with E-state index < -0.39 is 0 Å². The maximum Gasteiger partial charge on any atom is 0.344 e. The average Bonchev–Trinajstić information content (AvgIpc) is 3.11. The van der Waals surface area contributed by atoms with E-state index in [-0.39, 0.29) is 17.3 Å². The van der Waals surface area contributed by atoms with Crippen LogP contribution in [0.5, 0.6) is 0 Å². The van der Waals surface area contributed by atoms with Crippen LogP contribution >= 0.6 is 27.7 Å². The number of halogens is 1. The minimum absolute atomic E-state index is 0.221. The van der Waals surface area contributed by atoms with Crippen molar-refractivity contribution in [2.75, 3.05) is 0 Å². The maximum atomic E-state index is 11.6. The molecule has 1 aliphatic carbocycles. The highest BCUT2D eigenvalue weighted by Crippen LogP contribution is 2.37. The van der Waals surface area contributed by atoms with Gasteiger partial charge in [0.05, 0.1) is 6.33 Å². The molecular formula is C9H8BrN5O2S. The molecule has 0 bridgehead atoms. The van der Waals surface area contributed by atoms with Crippen LogP contribution in [0.3, 0.4) is 0 Å². The zero-order valence-electron chi connectivity index (χ0n) is 9.01. The van der Waals surface area contributed by atoms with Crippen LogP contribution in [-0.2, 0) is 0 Å². The Morgan fingerprint density at radius 3 is 2.94 bits per heavy atom. The summed E-state index contributed by atoms with van der Waals surface area (Å²) in [6, 6.07) is 0.222. The molecule has 0 spiro atoms. The van der Waals surface area contributed by atoms with E-state index in [1.54, 1.807) is 4.57 Å². The molecule has 1 saturated carbocycles. The van der Waals surface area contributed by atoms with Crippen molar-refractivity contribution in [3.05, 3.63) is 31.6 Å². The van der Waals surface area contributed by atoms with Crippen LogP contribution in [0.1, 0.15) is 18.9 Å². The van der Waals surface area contributed by atoms with E-state index in [1.165, 1.54) is 18.1 Å². The molecule has 94 valence electrons. The van der Waals surface area contributed by atoms with Gasteiger partial charge in [0.2, 0.25) is 0 Å². The van der Waals surface area contributed by atoms with Gasteiger partial charge in [-0.1, -0.05) is 0 Å². The Balaban J connectivity index is 2.00. The van der Waals surface area contributed by atoms with Crippen molar-refractivity contribution in [2.24, 2.45) is 0 Å². The van der Waals surface area contributed by atoms with Gasteiger partial charge in [-0.3, -0.25) is 9.36 Å². The molecule has 0 aliphatic heterocycles. The van der Waals surface area contributed by atoms with Gasteiger partial charge in [0.1, 0.15) is 9.50 Å². The predicted octanol–water partition coefficient (Wildman–Crippen LogP) is 0.903. The van der Waals surface area contributed by atoms with Gasteiger partial charge < -0.3 is 4.98 Å². The first-order valence-corrected chi connectivity index (χ1v) is 6.85. The number of aromatic amines is 2. The first-order valence-electron chi connectivity index (χ1n) is 5.25. The molecule has 2 aromatic rings. The Morgan fingerprint density at radius 1 is 1.44 bits per heavy atom. The highest BCUT2D eigenvalue weighted by Gasteiger charge is 2.29. The number of aromatic nitrogens is 5. The highest BCUT2D eigenvalue weighted by atomic mass is 79.9. The molecule has 0 saturated heterocycles. The molecule has 2 N–H and O–H groups in total. The van der Waals surface area contributed by atoms with Crippen molar-refractivity contribution in [3.63, 3.8) is 0 Å². The standard InChI is InChI=1S/C9H8BrN5O2S/c10-5-6(16)11-3-12-7(5)18-9-14-13-8(17)15(9)4-1-2-4/h3-4H,1-2H2,(H,13,17)(H,11,12,16). The van der Waals surface area contributed by atoms with Gasteiger partial charge in [-0.2, -0.15) is 0 Å². The maximum absolute atomic E-state index is 11.6. The molecule has 7 nitrogen and oxygen atoms in total. The molecule has 0 atom stereocenters. The summed E-state index contributed by atoms with van der Waals surface area (Å²) in [6.07, 6.45) is 3.29. The summed E-state index contributed by atoms with van der Waals surface area (Å²) >= 11 is 4.36. The minimum Gasteiger partial charge on any atom is -0.312 e. The molecule has 0 amide bonds. The SMILES string of the molecule is O=c1[nH]cnc(Sc2n[nH]c(=O)n2C2CC2)c1Br. The summed E-state index contributed by atoms with van der Waals surface area (Å²) in [5.41, 5.74) is -0.482. The largest absolute Gasteiger partial charge is 0.344 e. The lowest BCUT2D eigenvalue weighted by Crippen LogP contribution is -2.16. The summed E-state index contributed by atoms with van der Waals surface area (Å²) < 4.78 is 1.95. The summed E-state index contributed by atoms with van der Waals surface area (Å²) in [5, 5.41) is 7.39. The number of H-pyrrole nitrogens is 2. The summed E-state index contributed by atoms with van der Waals surface area (Å²) in [4.78, 5) is 29.5. The molecule has 3 rings (SSSR count). The predicted molar refractivity (Wildman–Crippen MR) is 67.8 cm³/mol. The second kappa shape index (κ2) is 4.39. The molecule has 9 heteroatoms. The van der Waals surface area contributed by atoms with E-state index in [0.29, 0.717) is 14.7 Å². The normalized spacial score (nSPS) is 14.9. The van der Waals surface area contributed by atoms with Crippen LogP contribution < -0.4 is 11.2 Å². The fourth-order valence-corrected chi connectivity index (χ4v) is 2.88. The van der Waals surface area contributed by atoms with E-state index in [1.807, 2.05) is 0 Å². The molecule has 2 heterocycles. The van der Waals surface area contributed by atoms with Crippen molar-refractivity contribution < 1.29 is 0 Å². The number of rotatable bonds is 3. The van der Waals surface area contributed by atoms with Crippen molar-refractivity contribution in [1.29, 1.82) is 0 Å². The molecule has 2 aromatic heterocycles. The topological polar surface area (TPSA) is 96.4 Å². The van der Waals surface area contributed by atoms with Crippen LogP contribution in [0.15, 0.2) is 30.6 Å². The zero-order valence-corrected chi connectivity index (χ0v) is 11.4. The molecule has 18 heavy (non-hydrogen) atoms. The summed E-state index contributed by atoms with van der Waals surface area (Å²) in [7, 11) is 0. The molecule has 0 unspecified atom stereocenters. The van der Waals surface area contributed by atoms with E-state index >= 15 is 0 Å². The van der Waals surface area contributed by atoms with E-state index in [4.69, 9.17) is 0 Å². The number of hydrogen-bond donors (Lipinski definition) is 2. The van der Waals surface area contributed by atoms with Crippen molar-refractivity contribution >= 4 is 27.7 Å². The highest BCUT2D eigenvalue weighted by molar-refractivity contribution is 9.10. The van der Waals surface area contributed by atoms with Gasteiger partial charge in [-0.25, -0.2) is 14.9 Å². The number of nitrogens with zero attached hydrogens (tertiary/aromatic N) is 3. The third-order valence-electron chi connectivity index (χ3n) is 2.54. The van der Waals surface area contributed by atoms with Gasteiger partial charge in [0, 0.05) is 6.04 Å². The van der Waals surface area contributed by atoms with Crippen molar-refractivity contribution in [2.45, 2.75) is 29.1 Å². The second-order valence-corrected chi connectivity index (χ2v) is 5.61. The average molecular weight is 330 g/mol. The van der Waals surface area contributed by atoms with E-state index in [0.717, 1.165) is 12.8 Å². The van der Waals surface area contributed by atoms with Gasteiger partial charge >= 0.3 is 5.69 Å². The van der Waals surface area contributed by atoms with Crippen LogP contribution in [0, 0.1) is 0 Å². The lowest BCUT2D eigenvalue weighted by molar-refractivity contribution is 0.642. The quantitative estimate of drug-likeness (QED) is 0.815. The second-order valence-electron chi connectivity index (χ2n) is 3.87. The van der Waals surface area contributed by atoms with Gasteiger partial charge in [-0.05, 0) is 40.5 Å². The lowest BCUT2D eigenvalue weighted by atomic mass is 10.7. The molecule has 0 radical (unpaired) electrons. The Hall–Kier alpha value is -1.35. The van der Waals surface area contributed by atoms with E-state index in [2.05, 4.69) is 36.1 Å². The minimum atomic E-state index is -0.261. The lowest BCUT2D eigenvalue weighted by Gasteiger charge is -2.03. The van der Waals surface area contributed by atoms with Crippen LogP contribution in [-0.4, -0.2) is 24.7 Å². The Labute approximate surface area is 113 Å². The third-order valence-corrected chi connectivity index (χ3v) is 4.51. The van der Waals surface area contributed by atoms with E-state index in [9.17, 15) is 9.59 Å². The first kappa shape index (κ1) is 11.7. The van der Waals surface area contributed by atoms with Gasteiger partial charge in [-0.15, -0.1) is 5.10 Å². The summed E-state index contributed by atoms with van der Waals surface area (Å²) in [6.45, 7) is 0. The summed E-state index contributed by atoms with van der Waals surface area (Å²) in [5.74, 6) is 0. The fraction of sp³-hybridized carbons (Fsp3) is 0.333. The first-order chi connectivity index (χ1) is 8.66. The van der Waals surface area contributed by atoms with Crippen LogP contribution in [0.2, 0.25) is 0 Å². The van der Waals surface area contributed by atoms with Gasteiger partial charge in [0.25, 0.3) is 5.56 Å². The van der Waals surface area contributed by atoms with Crippen LogP contribution in [0.4, 0.5) is 0 Å². The molecule has 0 aromatic carbocycles. The molecule has 1 aliphatic rings. The Bertz CT molecular complexity index is 701. The smallest absolute Gasteiger partial charge is 0.312 e. The fourth-order valence-electron chi connectivity index (χ4n) is 1.54. The Kier molecular flexibility index (Phi) is 2.86. The number of hydrogen-bond acceptors (Lipinski definition) is 5.